The molecule has 0 fully saturated rings. The average Bonchev–Trinajstić information content (AvgIpc) is 2.23. The van der Waals surface area contributed by atoms with Gasteiger partial charge in [-0.3, -0.25) is 4.79 Å². The monoisotopic (exact) mass is 286 g/mol. The Bertz CT molecular complexity index is 331. The van der Waals surface area contributed by atoms with E-state index >= 15 is 0 Å². The molecule has 1 amide bonds. The van der Waals surface area contributed by atoms with Crippen LogP contribution in [0.3, 0.4) is 0 Å². The summed E-state index contributed by atoms with van der Waals surface area (Å²) in [4.78, 5) is 23.5. The Balaban J connectivity index is 4.07. The molecule has 0 heterocycles. The number of amides is 1. The second-order valence-electron chi connectivity index (χ2n) is 7.00. The van der Waals surface area contributed by atoms with E-state index in [0.29, 0.717) is 12.5 Å². The van der Waals surface area contributed by atoms with Gasteiger partial charge in [-0.05, 0) is 47.1 Å². The van der Waals surface area contributed by atoms with E-state index in [1.54, 1.807) is 20.8 Å². The van der Waals surface area contributed by atoms with E-state index in [-0.39, 0.29) is 12.2 Å². The van der Waals surface area contributed by atoms with Gasteiger partial charge in [0.05, 0.1) is 5.54 Å². The van der Waals surface area contributed by atoms with Crippen LogP contribution >= 0.6 is 0 Å². The molecule has 118 valence electrons. The zero-order valence-electron chi connectivity index (χ0n) is 13.9. The van der Waals surface area contributed by atoms with Crippen molar-refractivity contribution in [2.75, 3.05) is 13.1 Å². The number of carbonyl (C=O) groups is 2. The molecule has 0 spiro atoms. The lowest BCUT2D eigenvalue weighted by molar-refractivity contribution is -0.124. The number of ketones is 1. The molecule has 0 aliphatic carbocycles. The van der Waals surface area contributed by atoms with Crippen LogP contribution in [0.25, 0.3) is 0 Å². The third-order valence-corrected chi connectivity index (χ3v) is 2.67. The smallest absolute Gasteiger partial charge is 0.407 e. The molecular formula is C15H30N2O3. The maximum atomic E-state index is 12.1. The van der Waals surface area contributed by atoms with E-state index in [2.05, 4.69) is 24.5 Å². The summed E-state index contributed by atoms with van der Waals surface area (Å²) in [7, 11) is 0. The first-order valence-corrected chi connectivity index (χ1v) is 7.19. The summed E-state index contributed by atoms with van der Waals surface area (Å²) in [6.07, 6.45) is -0.199. The van der Waals surface area contributed by atoms with Crippen LogP contribution in [0.15, 0.2) is 0 Å². The maximum absolute atomic E-state index is 12.1. The molecule has 5 heteroatoms. The number of nitrogens with one attached hydrogen (secondary N) is 2. The number of hydrogen-bond donors (Lipinski definition) is 2. The number of hydrogen-bond acceptors (Lipinski definition) is 4. The SMILES string of the molecule is CC(C)CNC(C)(C)C(=O)CCNC(=O)OC(C)(C)C. The van der Waals surface area contributed by atoms with E-state index in [1.165, 1.54) is 0 Å². The largest absolute Gasteiger partial charge is 0.444 e. The molecule has 0 bridgehead atoms. The van der Waals surface area contributed by atoms with Gasteiger partial charge < -0.3 is 15.4 Å². The van der Waals surface area contributed by atoms with Gasteiger partial charge in [-0.2, -0.15) is 0 Å². The minimum atomic E-state index is -0.570. The Kier molecular flexibility index (Phi) is 7.20. The molecule has 0 radical (unpaired) electrons. The van der Waals surface area contributed by atoms with Gasteiger partial charge in [0.15, 0.2) is 5.78 Å². The molecule has 0 unspecified atom stereocenters. The number of carbonyl (C=O) groups excluding carboxylic acids is 2. The van der Waals surface area contributed by atoms with Gasteiger partial charge in [0.2, 0.25) is 0 Å². The lowest BCUT2D eigenvalue weighted by atomic mass is 9.96. The van der Waals surface area contributed by atoms with Gasteiger partial charge >= 0.3 is 6.09 Å². The highest BCUT2D eigenvalue weighted by Gasteiger charge is 2.26. The molecule has 20 heavy (non-hydrogen) atoms. The Morgan fingerprint density at radius 1 is 1.10 bits per heavy atom. The van der Waals surface area contributed by atoms with Crippen LogP contribution in [0.4, 0.5) is 4.79 Å². The summed E-state index contributed by atoms with van der Waals surface area (Å²) in [5.74, 6) is 0.566. The quantitative estimate of drug-likeness (QED) is 0.754. The van der Waals surface area contributed by atoms with Crippen molar-refractivity contribution in [3.8, 4) is 0 Å². The number of Topliss-reactive ketones (excluding diaryl/α,β-unsaturated/α-hetero) is 1. The number of rotatable bonds is 7. The predicted octanol–water partition coefficient (Wildman–Crippen LogP) is 2.49. The number of ether oxygens (including phenoxy) is 1. The van der Waals surface area contributed by atoms with E-state index in [0.717, 1.165) is 6.54 Å². The topological polar surface area (TPSA) is 67.4 Å². The highest BCUT2D eigenvalue weighted by Crippen LogP contribution is 2.09. The van der Waals surface area contributed by atoms with E-state index in [9.17, 15) is 9.59 Å². The second-order valence-corrected chi connectivity index (χ2v) is 7.00. The van der Waals surface area contributed by atoms with Crippen LogP contribution in [0.2, 0.25) is 0 Å². The van der Waals surface area contributed by atoms with Gasteiger partial charge in [-0.25, -0.2) is 4.79 Å². The summed E-state index contributed by atoms with van der Waals surface area (Å²) in [6, 6.07) is 0. The second kappa shape index (κ2) is 7.62. The van der Waals surface area contributed by atoms with Crippen LogP contribution in [-0.4, -0.2) is 36.1 Å². The molecule has 0 saturated heterocycles. The van der Waals surface area contributed by atoms with Crippen molar-refractivity contribution >= 4 is 11.9 Å². The van der Waals surface area contributed by atoms with E-state index in [1.807, 2.05) is 13.8 Å². The summed E-state index contributed by atoms with van der Waals surface area (Å²) >= 11 is 0. The van der Waals surface area contributed by atoms with E-state index < -0.39 is 17.2 Å². The molecular weight excluding hydrogens is 256 g/mol. The van der Waals surface area contributed by atoms with Crippen LogP contribution in [-0.2, 0) is 9.53 Å². The standard InChI is InChI=1S/C15H30N2O3/c1-11(2)10-17-15(6,7)12(18)8-9-16-13(19)20-14(3,4)5/h11,17H,8-10H2,1-7H3,(H,16,19). The lowest BCUT2D eigenvalue weighted by Crippen LogP contribution is -2.49. The Hall–Kier alpha value is -1.10. The maximum Gasteiger partial charge on any atom is 0.407 e. The number of alkyl carbamates (subject to hydrolysis) is 1. The van der Waals surface area contributed by atoms with Gasteiger partial charge in [-0.15, -0.1) is 0 Å². The van der Waals surface area contributed by atoms with Crippen molar-refractivity contribution in [2.24, 2.45) is 5.92 Å². The molecule has 0 atom stereocenters. The van der Waals surface area contributed by atoms with Gasteiger partial charge in [0, 0.05) is 13.0 Å². The first-order chi connectivity index (χ1) is 8.94. The lowest BCUT2D eigenvalue weighted by Gasteiger charge is -2.26. The molecule has 0 aromatic rings. The minimum absolute atomic E-state index is 0.0780. The molecule has 0 aromatic heterocycles. The van der Waals surface area contributed by atoms with Crippen molar-refractivity contribution in [3.63, 3.8) is 0 Å². The Labute approximate surface area is 122 Å². The predicted molar refractivity (Wildman–Crippen MR) is 80.8 cm³/mol. The summed E-state index contributed by atoms with van der Waals surface area (Å²) in [5, 5.41) is 5.84. The minimum Gasteiger partial charge on any atom is -0.444 e. The molecule has 0 aliphatic rings. The third-order valence-electron chi connectivity index (χ3n) is 2.67. The molecule has 2 N–H and O–H groups in total. The fourth-order valence-corrected chi connectivity index (χ4v) is 1.46. The molecule has 0 saturated carbocycles. The summed E-state index contributed by atoms with van der Waals surface area (Å²) in [5.41, 5.74) is -1.09. The molecule has 0 aromatic carbocycles. The third kappa shape index (κ3) is 8.91. The van der Waals surface area contributed by atoms with Crippen molar-refractivity contribution in [1.29, 1.82) is 0 Å². The highest BCUT2D eigenvalue weighted by molar-refractivity contribution is 5.88. The summed E-state index contributed by atoms with van der Waals surface area (Å²) < 4.78 is 5.11. The van der Waals surface area contributed by atoms with Crippen molar-refractivity contribution in [1.82, 2.24) is 10.6 Å². The van der Waals surface area contributed by atoms with Crippen LogP contribution in [0.1, 0.15) is 54.9 Å². The van der Waals surface area contributed by atoms with Crippen molar-refractivity contribution in [2.45, 2.75) is 66.0 Å². The average molecular weight is 286 g/mol. The van der Waals surface area contributed by atoms with Gasteiger partial charge in [-0.1, -0.05) is 13.8 Å². The van der Waals surface area contributed by atoms with Crippen LogP contribution in [0.5, 0.6) is 0 Å². The van der Waals surface area contributed by atoms with Gasteiger partial charge in [0.1, 0.15) is 5.60 Å². The zero-order valence-corrected chi connectivity index (χ0v) is 13.9. The highest BCUT2D eigenvalue weighted by atomic mass is 16.6. The van der Waals surface area contributed by atoms with E-state index in [4.69, 9.17) is 4.74 Å². The first-order valence-electron chi connectivity index (χ1n) is 7.19. The van der Waals surface area contributed by atoms with Crippen LogP contribution in [0, 0.1) is 5.92 Å². The molecule has 5 nitrogen and oxygen atoms in total. The zero-order chi connectivity index (χ0) is 16.0. The Morgan fingerprint density at radius 3 is 2.10 bits per heavy atom. The van der Waals surface area contributed by atoms with Gasteiger partial charge in [0.25, 0.3) is 0 Å². The molecule has 0 rings (SSSR count). The normalized spacial score (nSPS) is 12.4. The van der Waals surface area contributed by atoms with Crippen LogP contribution < -0.4 is 10.6 Å². The fourth-order valence-electron chi connectivity index (χ4n) is 1.46. The van der Waals surface area contributed by atoms with Crippen molar-refractivity contribution in [3.05, 3.63) is 0 Å². The first kappa shape index (κ1) is 18.9. The Morgan fingerprint density at radius 2 is 1.65 bits per heavy atom. The summed E-state index contributed by atoms with van der Waals surface area (Å²) in [6.45, 7) is 14.4. The fraction of sp³-hybridized carbons (Fsp3) is 0.867. The van der Waals surface area contributed by atoms with Crippen molar-refractivity contribution < 1.29 is 14.3 Å². The molecule has 0 aliphatic heterocycles.